The molecule has 0 radical (unpaired) electrons. The van der Waals surface area contributed by atoms with E-state index in [1.807, 2.05) is 6.07 Å². The quantitative estimate of drug-likeness (QED) is 0.797. The molecule has 0 saturated carbocycles. The number of para-hydroxylation sites is 1. The normalized spacial score (nSPS) is 17.4. The van der Waals surface area contributed by atoms with Gasteiger partial charge in [-0.25, -0.2) is 0 Å². The zero-order valence-corrected chi connectivity index (χ0v) is 15.4. The second-order valence-electron chi connectivity index (χ2n) is 5.88. The first-order valence-electron chi connectivity index (χ1n) is 8.03. The van der Waals surface area contributed by atoms with E-state index in [0.29, 0.717) is 6.42 Å². The van der Waals surface area contributed by atoms with Crippen molar-refractivity contribution in [2.45, 2.75) is 31.7 Å². The lowest BCUT2D eigenvalue weighted by Gasteiger charge is -2.20. The van der Waals surface area contributed by atoms with Crippen molar-refractivity contribution in [2.24, 2.45) is 0 Å². The molecule has 1 aliphatic rings. The molecule has 5 heteroatoms. The molecule has 3 rings (SSSR count). The Hall–Kier alpha value is -1.33. The molecule has 1 atom stereocenters. The van der Waals surface area contributed by atoms with Crippen molar-refractivity contribution in [1.82, 2.24) is 5.32 Å². The Bertz CT molecular complexity index is 644. The molecule has 1 aromatic carbocycles. The molecule has 1 amide bonds. The van der Waals surface area contributed by atoms with Crippen molar-refractivity contribution in [2.75, 3.05) is 18.0 Å². The Balaban J connectivity index is 1.42. The minimum absolute atomic E-state index is 0.181. The fourth-order valence-electron chi connectivity index (χ4n) is 2.98. The molecule has 1 N–H and O–H groups in total. The molecule has 2 heterocycles. The van der Waals surface area contributed by atoms with E-state index in [2.05, 4.69) is 61.9 Å². The number of thiophene rings is 1. The van der Waals surface area contributed by atoms with Gasteiger partial charge in [0.05, 0.1) is 5.69 Å². The number of aryl methyl sites for hydroxylation is 1. The molecule has 3 nitrogen and oxygen atoms in total. The molecule has 1 saturated heterocycles. The summed E-state index contributed by atoms with van der Waals surface area (Å²) in [4.78, 5) is 15.8. The SMILES string of the molecule is O=C(CCCc1cccs1)NC1CCN(c2ccccc2Br)C1. The van der Waals surface area contributed by atoms with Gasteiger partial charge < -0.3 is 10.2 Å². The second kappa shape index (κ2) is 7.97. The fourth-order valence-corrected chi connectivity index (χ4v) is 4.27. The zero-order valence-electron chi connectivity index (χ0n) is 13.0. The molecule has 2 aromatic rings. The van der Waals surface area contributed by atoms with Gasteiger partial charge in [0.1, 0.15) is 0 Å². The van der Waals surface area contributed by atoms with Gasteiger partial charge in [0, 0.05) is 34.9 Å². The Morgan fingerprint density at radius 3 is 2.96 bits per heavy atom. The molecule has 0 spiro atoms. The maximum atomic E-state index is 12.1. The Kier molecular flexibility index (Phi) is 5.73. The summed E-state index contributed by atoms with van der Waals surface area (Å²) in [5.41, 5.74) is 1.21. The first kappa shape index (κ1) is 16.5. The summed E-state index contributed by atoms with van der Waals surface area (Å²) in [7, 11) is 0. The summed E-state index contributed by atoms with van der Waals surface area (Å²) < 4.78 is 1.11. The van der Waals surface area contributed by atoms with E-state index in [1.165, 1.54) is 10.6 Å². The summed E-state index contributed by atoms with van der Waals surface area (Å²) in [6.45, 7) is 1.88. The molecule has 23 heavy (non-hydrogen) atoms. The van der Waals surface area contributed by atoms with Gasteiger partial charge in [-0.05, 0) is 58.8 Å². The highest BCUT2D eigenvalue weighted by Gasteiger charge is 2.24. The number of benzene rings is 1. The van der Waals surface area contributed by atoms with E-state index in [4.69, 9.17) is 0 Å². The molecule has 0 aliphatic carbocycles. The molecule has 122 valence electrons. The summed E-state index contributed by atoms with van der Waals surface area (Å²) in [6, 6.07) is 12.7. The molecular weight excluding hydrogens is 372 g/mol. The largest absolute Gasteiger partial charge is 0.368 e. The molecule has 1 unspecified atom stereocenters. The Morgan fingerprint density at radius 1 is 1.30 bits per heavy atom. The number of carbonyl (C=O) groups excluding carboxylic acids is 1. The highest BCUT2D eigenvalue weighted by atomic mass is 79.9. The number of halogens is 1. The van der Waals surface area contributed by atoms with E-state index in [-0.39, 0.29) is 11.9 Å². The highest BCUT2D eigenvalue weighted by molar-refractivity contribution is 9.10. The third kappa shape index (κ3) is 4.58. The van der Waals surface area contributed by atoms with E-state index < -0.39 is 0 Å². The van der Waals surface area contributed by atoms with E-state index in [0.717, 1.165) is 36.8 Å². The van der Waals surface area contributed by atoms with Gasteiger partial charge in [0.25, 0.3) is 0 Å². The van der Waals surface area contributed by atoms with Crippen molar-refractivity contribution in [1.29, 1.82) is 0 Å². The van der Waals surface area contributed by atoms with Crippen molar-refractivity contribution in [3.8, 4) is 0 Å². The molecular formula is C18H21BrN2OS. The van der Waals surface area contributed by atoms with Crippen molar-refractivity contribution < 1.29 is 4.79 Å². The first-order valence-corrected chi connectivity index (χ1v) is 9.71. The van der Waals surface area contributed by atoms with Gasteiger partial charge >= 0.3 is 0 Å². The number of carbonyl (C=O) groups is 1. The van der Waals surface area contributed by atoms with E-state index in [9.17, 15) is 4.79 Å². The van der Waals surface area contributed by atoms with Crippen LogP contribution in [0.1, 0.15) is 24.1 Å². The standard InChI is InChI=1S/C18H21BrN2OS/c19-16-7-1-2-8-17(16)21-11-10-14(13-21)20-18(22)9-3-5-15-6-4-12-23-15/h1-2,4,6-8,12,14H,3,5,9-11,13H2,(H,20,22). The van der Waals surface area contributed by atoms with Crippen molar-refractivity contribution in [3.05, 3.63) is 51.1 Å². The Labute approximate surface area is 149 Å². The monoisotopic (exact) mass is 392 g/mol. The summed E-state index contributed by atoms with van der Waals surface area (Å²) in [6.07, 6.45) is 3.55. The van der Waals surface area contributed by atoms with Crippen LogP contribution in [0.3, 0.4) is 0 Å². The zero-order chi connectivity index (χ0) is 16.1. The molecule has 1 aliphatic heterocycles. The highest BCUT2D eigenvalue weighted by Crippen LogP contribution is 2.28. The van der Waals surface area contributed by atoms with Crippen LogP contribution in [0.2, 0.25) is 0 Å². The van der Waals surface area contributed by atoms with Crippen LogP contribution in [0.5, 0.6) is 0 Å². The van der Waals surface area contributed by atoms with Gasteiger partial charge in [-0.3, -0.25) is 4.79 Å². The second-order valence-corrected chi connectivity index (χ2v) is 7.77. The minimum Gasteiger partial charge on any atom is -0.368 e. The summed E-state index contributed by atoms with van der Waals surface area (Å²) in [5, 5.41) is 5.27. The van der Waals surface area contributed by atoms with Crippen LogP contribution in [-0.2, 0) is 11.2 Å². The van der Waals surface area contributed by atoms with Crippen LogP contribution < -0.4 is 10.2 Å². The minimum atomic E-state index is 0.181. The third-order valence-electron chi connectivity index (χ3n) is 4.15. The van der Waals surface area contributed by atoms with Gasteiger partial charge in [-0.1, -0.05) is 18.2 Å². The van der Waals surface area contributed by atoms with Crippen molar-refractivity contribution >= 4 is 38.9 Å². The fraction of sp³-hybridized carbons (Fsp3) is 0.389. The third-order valence-corrected chi connectivity index (χ3v) is 5.76. The van der Waals surface area contributed by atoms with Crippen LogP contribution in [0.25, 0.3) is 0 Å². The molecule has 1 aromatic heterocycles. The van der Waals surface area contributed by atoms with Gasteiger partial charge in [0.2, 0.25) is 5.91 Å². The molecule has 0 bridgehead atoms. The number of nitrogens with one attached hydrogen (secondary N) is 1. The number of anilines is 1. The maximum absolute atomic E-state index is 12.1. The summed E-state index contributed by atoms with van der Waals surface area (Å²) in [5.74, 6) is 0.181. The maximum Gasteiger partial charge on any atom is 0.220 e. The van der Waals surface area contributed by atoms with Gasteiger partial charge in [-0.15, -0.1) is 11.3 Å². The lowest BCUT2D eigenvalue weighted by molar-refractivity contribution is -0.121. The first-order chi connectivity index (χ1) is 11.2. The Morgan fingerprint density at radius 2 is 2.17 bits per heavy atom. The average Bonchev–Trinajstić information content (AvgIpc) is 3.20. The van der Waals surface area contributed by atoms with Gasteiger partial charge in [-0.2, -0.15) is 0 Å². The topological polar surface area (TPSA) is 32.3 Å². The van der Waals surface area contributed by atoms with Crippen LogP contribution >= 0.6 is 27.3 Å². The number of hydrogen-bond donors (Lipinski definition) is 1. The van der Waals surface area contributed by atoms with Gasteiger partial charge in [0.15, 0.2) is 0 Å². The predicted octanol–water partition coefficient (Wildman–Crippen LogP) is 4.23. The summed E-state index contributed by atoms with van der Waals surface area (Å²) >= 11 is 5.37. The van der Waals surface area contributed by atoms with Crippen LogP contribution in [0.4, 0.5) is 5.69 Å². The van der Waals surface area contributed by atoms with Crippen LogP contribution in [-0.4, -0.2) is 25.0 Å². The lowest BCUT2D eigenvalue weighted by Crippen LogP contribution is -2.37. The smallest absolute Gasteiger partial charge is 0.220 e. The number of amides is 1. The predicted molar refractivity (Wildman–Crippen MR) is 100 cm³/mol. The lowest BCUT2D eigenvalue weighted by atomic mass is 10.2. The van der Waals surface area contributed by atoms with Crippen LogP contribution in [0, 0.1) is 0 Å². The number of nitrogens with zero attached hydrogens (tertiary/aromatic N) is 1. The van der Waals surface area contributed by atoms with E-state index in [1.54, 1.807) is 11.3 Å². The van der Waals surface area contributed by atoms with Crippen molar-refractivity contribution in [3.63, 3.8) is 0 Å². The average molecular weight is 393 g/mol. The van der Waals surface area contributed by atoms with Crippen LogP contribution in [0.15, 0.2) is 46.3 Å². The number of hydrogen-bond acceptors (Lipinski definition) is 3. The van der Waals surface area contributed by atoms with E-state index >= 15 is 0 Å². The molecule has 1 fully saturated rings. The number of rotatable bonds is 6.